The molecule has 16 heavy (non-hydrogen) atoms. The van der Waals surface area contributed by atoms with Crippen LogP contribution >= 0.6 is 0 Å². The van der Waals surface area contributed by atoms with Gasteiger partial charge in [-0.05, 0) is 19.1 Å². The first-order chi connectivity index (χ1) is 7.69. The molecule has 2 unspecified atom stereocenters. The van der Waals surface area contributed by atoms with Gasteiger partial charge in [-0.3, -0.25) is 0 Å². The van der Waals surface area contributed by atoms with Gasteiger partial charge in [0.1, 0.15) is 12.2 Å². The summed E-state index contributed by atoms with van der Waals surface area (Å²) in [5.74, 6) is 0.654. The first-order valence-electron chi connectivity index (χ1n) is 5.31. The summed E-state index contributed by atoms with van der Waals surface area (Å²) in [6, 6.07) is 7.94. The van der Waals surface area contributed by atoms with Crippen molar-refractivity contribution < 1.29 is 4.74 Å². The van der Waals surface area contributed by atoms with Gasteiger partial charge in [0.25, 0.3) is 0 Å². The number of nitrogens with two attached hydrogens (primary N) is 1. The SMILES string of the molecule is CC1C(CN)Oc2c(C#N)cccc2N1C. The number of rotatable bonds is 1. The molecule has 0 aliphatic carbocycles. The van der Waals surface area contributed by atoms with Crippen molar-refractivity contribution >= 4 is 5.69 Å². The average molecular weight is 217 g/mol. The number of benzene rings is 1. The third-order valence-electron chi connectivity index (χ3n) is 3.15. The van der Waals surface area contributed by atoms with Crippen molar-refractivity contribution in [2.24, 2.45) is 5.73 Å². The van der Waals surface area contributed by atoms with E-state index in [0.717, 1.165) is 5.69 Å². The zero-order chi connectivity index (χ0) is 11.7. The number of para-hydroxylation sites is 1. The highest BCUT2D eigenvalue weighted by Crippen LogP contribution is 2.37. The number of nitrogens with zero attached hydrogens (tertiary/aromatic N) is 2. The zero-order valence-electron chi connectivity index (χ0n) is 9.47. The van der Waals surface area contributed by atoms with Gasteiger partial charge in [0.15, 0.2) is 5.75 Å². The Morgan fingerprint density at radius 2 is 2.31 bits per heavy atom. The average Bonchev–Trinajstić information content (AvgIpc) is 2.33. The van der Waals surface area contributed by atoms with Crippen molar-refractivity contribution in [3.63, 3.8) is 0 Å². The maximum absolute atomic E-state index is 9.02. The molecule has 0 fully saturated rings. The van der Waals surface area contributed by atoms with E-state index in [1.54, 1.807) is 6.07 Å². The van der Waals surface area contributed by atoms with Gasteiger partial charge in [-0.1, -0.05) is 6.07 Å². The lowest BCUT2D eigenvalue weighted by molar-refractivity contribution is 0.168. The lowest BCUT2D eigenvalue weighted by Gasteiger charge is -2.39. The minimum atomic E-state index is -0.0630. The van der Waals surface area contributed by atoms with E-state index in [1.165, 1.54) is 0 Å². The molecule has 0 bridgehead atoms. The predicted octanol–water partition coefficient (Wildman–Crippen LogP) is 1.10. The van der Waals surface area contributed by atoms with E-state index in [2.05, 4.69) is 17.9 Å². The van der Waals surface area contributed by atoms with E-state index in [0.29, 0.717) is 17.9 Å². The number of nitriles is 1. The van der Waals surface area contributed by atoms with E-state index < -0.39 is 0 Å². The number of likely N-dealkylation sites (N-methyl/N-ethyl adjacent to an activating group) is 1. The zero-order valence-corrected chi connectivity index (χ0v) is 9.47. The number of hydrogen-bond acceptors (Lipinski definition) is 4. The third-order valence-corrected chi connectivity index (χ3v) is 3.15. The van der Waals surface area contributed by atoms with E-state index in [9.17, 15) is 0 Å². The molecular formula is C12H15N3O. The summed E-state index contributed by atoms with van der Waals surface area (Å²) in [4.78, 5) is 2.11. The van der Waals surface area contributed by atoms with Crippen LogP contribution in [0.2, 0.25) is 0 Å². The van der Waals surface area contributed by atoms with Gasteiger partial charge in [-0.15, -0.1) is 0 Å². The van der Waals surface area contributed by atoms with Crippen molar-refractivity contribution in [2.45, 2.75) is 19.1 Å². The normalized spacial score (nSPS) is 23.2. The smallest absolute Gasteiger partial charge is 0.160 e. The molecule has 2 N–H and O–H groups in total. The fourth-order valence-electron chi connectivity index (χ4n) is 1.98. The molecule has 1 aliphatic rings. The summed E-state index contributed by atoms with van der Waals surface area (Å²) in [5, 5.41) is 9.02. The monoisotopic (exact) mass is 217 g/mol. The van der Waals surface area contributed by atoms with Crippen LogP contribution in [0.15, 0.2) is 18.2 Å². The van der Waals surface area contributed by atoms with E-state index in [4.69, 9.17) is 15.7 Å². The molecule has 2 atom stereocenters. The molecule has 1 heterocycles. The topological polar surface area (TPSA) is 62.3 Å². The summed E-state index contributed by atoms with van der Waals surface area (Å²) < 4.78 is 5.80. The van der Waals surface area contributed by atoms with Crippen molar-refractivity contribution in [3.05, 3.63) is 23.8 Å². The molecule has 0 spiro atoms. The van der Waals surface area contributed by atoms with Gasteiger partial charge < -0.3 is 15.4 Å². The second-order valence-corrected chi connectivity index (χ2v) is 4.01. The molecule has 4 nitrogen and oxygen atoms in total. The van der Waals surface area contributed by atoms with Crippen LogP contribution in [0.1, 0.15) is 12.5 Å². The lowest BCUT2D eigenvalue weighted by atomic mass is 10.1. The largest absolute Gasteiger partial charge is 0.483 e. The Morgan fingerprint density at radius 1 is 1.56 bits per heavy atom. The van der Waals surface area contributed by atoms with Crippen LogP contribution < -0.4 is 15.4 Å². The minimum absolute atomic E-state index is 0.0630. The van der Waals surface area contributed by atoms with Crippen molar-refractivity contribution in [2.75, 3.05) is 18.5 Å². The maximum atomic E-state index is 9.02. The van der Waals surface area contributed by atoms with Crippen molar-refractivity contribution in [1.82, 2.24) is 0 Å². The van der Waals surface area contributed by atoms with Gasteiger partial charge in [0.05, 0.1) is 17.3 Å². The molecule has 1 aliphatic heterocycles. The molecule has 4 heteroatoms. The number of hydrogen-bond donors (Lipinski definition) is 1. The van der Waals surface area contributed by atoms with E-state index >= 15 is 0 Å². The van der Waals surface area contributed by atoms with Crippen LogP contribution in [0.3, 0.4) is 0 Å². The first-order valence-corrected chi connectivity index (χ1v) is 5.31. The Morgan fingerprint density at radius 3 is 2.94 bits per heavy atom. The maximum Gasteiger partial charge on any atom is 0.160 e. The minimum Gasteiger partial charge on any atom is -0.483 e. The molecular weight excluding hydrogens is 202 g/mol. The highest BCUT2D eigenvalue weighted by atomic mass is 16.5. The fourth-order valence-corrected chi connectivity index (χ4v) is 1.98. The highest BCUT2D eigenvalue weighted by molar-refractivity contribution is 5.66. The summed E-state index contributed by atoms with van der Waals surface area (Å²) in [7, 11) is 2.00. The molecule has 1 aromatic rings. The molecule has 0 aromatic heterocycles. The summed E-state index contributed by atoms with van der Waals surface area (Å²) in [6.07, 6.45) is -0.0630. The first kappa shape index (κ1) is 10.8. The Hall–Kier alpha value is -1.73. The van der Waals surface area contributed by atoms with Crippen LogP contribution in [0.5, 0.6) is 5.75 Å². The fraction of sp³-hybridized carbons (Fsp3) is 0.417. The molecule has 2 rings (SSSR count). The Balaban J connectivity index is 2.50. The quantitative estimate of drug-likeness (QED) is 0.765. The number of fused-ring (bicyclic) bond motifs is 1. The number of anilines is 1. The molecule has 0 saturated carbocycles. The third kappa shape index (κ3) is 1.50. The molecule has 0 saturated heterocycles. The van der Waals surface area contributed by atoms with Crippen LogP contribution in [-0.2, 0) is 0 Å². The van der Waals surface area contributed by atoms with Crippen LogP contribution in [0.4, 0.5) is 5.69 Å². The molecule has 1 aromatic carbocycles. The Bertz CT molecular complexity index is 438. The molecule has 84 valence electrons. The van der Waals surface area contributed by atoms with Crippen molar-refractivity contribution in [1.29, 1.82) is 5.26 Å². The summed E-state index contributed by atoms with van der Waals surface area (Å²) in [5.41, 5.74) is 7.19. The standard InChI is InChI=1S/C12H15N3O/c1-8-11(7-14)16-12-9(6-13)4-3-5-10(12)15(8)2/h3-5,8,11H,7,14H2,1-2H3. The summed E-state index contributed by atoms with van der Waals surface area (Å²) >= 11 is 0. The predicted molar refractivity (Wildman–Crippen MR) is 62.5 cm³/mol. The van der Waals surface area contributed by atoms with Crippen molar-refractivity contribution in [3.8, 4) is 11.8 Å². The Kier molecular flexibility index (Phi) is 2.71. The highest BCUT2D eigenvalue weighted by Gasteiger charge is 2.31. The van der Waals surface area contributed by atoms with Gasteiger partial charge in [0.2, 0.25) is 0 Å². The van der Waals surface area contributed by atoms with Crippen LogP contribution in [0.25, 0.3) is 0 Å². The van der Waals surface area contributed by atoms with Crippen LogP contribution in [-0.4, -0.2) is 25.7 Å². The Labute approximate surface area is 95.2 Å². The van der Waals surface area contributed by atoms with E-state index in [-0.39, 0.29) is 12.1 Å². The molecule has 0 amide bonds. The van der Waals surface area contributed by atoms with Crippen LogP contribution in [0, 0.1) is 11.3 Å². The lowest BCUT2D eigenvalue weighted by Crippen LogP contribution is -2.49. The van der Waals surface area contributed by atoms with Gasteiger partial charge in [-0.2, -0.15) is 5.26 Å². The van der Waals surface area contributed by atoms with Gasteiger partial charge >= 0.3 is 0 Å². The van der Waals surface area contributed by atoms with E-state index in [1.807, 2.05) is 19.2 Å². The number of ether oxygens (including phenoxy) is 1. The second-order valence-electron chi connectivity index (χ2n) is 4.01. The second kappa shape index (κ2) is 4.03. The summed E-state index contributed by atoms with van der Waals surface area (Å²) in [6.45, 7) is 2.52. The van der Waals surface area contributed by atoms with Gasteiger partial charge in [-0.25, -0.2) is 0 Å². The molecule has 0 radical (unpaired) electrons. The van der Waals surface area contributed by atoms with Gasteiger partial charge in [0, 0.05) is 13.6 Å².